The van der Waals surface area contributed by atoms with Crippen molar-refractivity contribution < 1.29 is 34.5 Å². The molecule has 8 heteroatoms. The van der Waals surface area contributed by atoms with Gasteiger partial charge in [-0.1, -0.05) is 0 Å². The van der Waals surface area contributed by atoms with Crippen LogP contribution >= 0.6 is 6.83 Å². The van der Waals surface area contributed by atoms with E-state index in [1.54, 1.807) is 91.0 Å². The van der Waals surface area contributed by atoms with Crippen molar-refractivity contribution in [2.75, 3.05) is 0 Å². The number of rotatable bonds is 7. The molecular weight excluding hydrogens is 527 g/mol. The molecule has 7 nitrogen and oxygen atoms in total. The van der Waals surface area contributed by atoms with Crippen LogP contribution in [0.1, 0.15) is 20.7 Å². The first-order valence-electron chi connectivity index (χ1n) is 12.3. The maximum absolute atomic E-state index is 14.3. The summed E-state index contributed by atoms with van der Waals surface area (Å²) >= 11 is 0. The Morgan fingerprint density at radius 2 is 1.00 bits per heavy atom. The van der Waals surface area contributed by atoms with Crippen LogP contribution in [0.3, 0.4) is 0 Å². The minimum atomic E-state index is -4.82. The fraction of sp³-hybridized carbons (Fsp3) is 0. The van der Waals surface area contributed by atoms with Crippen LogP contribution in [0.4, 0.5) is 0 Å². The molecule has 0 saturated carbocycles. The van der Waals surface area contributed by atoms with Crippen molar-refractivity contribution in [3.8, 4) is 17.2 Å². The van der Waals surface area contributed by atoms with Gasteiger partial charge in [-0.25, -0.2) is 0 Å². The van der Waals surface area contributed by atoms with E-state index in [1.807, 2.05) is 0 Å². The second-order valence-corrected chi connectivity index (χ2v) is 13.4. The third-order valence-electron chi connectivity index (χ3n) is 6.88. The summed E-state index contributed by atoms with van der Waals surface area (Å²) in [5.41, 5.74) is -0.738. The van der Waals surface area contributed by atoms with Crippen LogP contribution in [0.2, 0.25) is 0 Å². The van der Waals surface area contributed by atoms with E-state index in [1.165, 1.54) is 24.3 Å². The van der Waals surface area contributed by atoms with Crippen molar-refractivity contribution in [2.24, 2.45) is 0 Å². The number of benzene rings is 5. The van der Waals surface area contributed by atoms with Gasteiger partial charge >= 0.3 is 230 Å². The molecule has 0 spiro atoms. The fourth-order valence-electron chi connectivity index (χ4n) is 5.17. The Kier molecular flexibility index (Phi) is 6.76. The standard InChI is InChI=1S/C32H25O7P/c33-22-16-18-27(31(36)37)28(20-22)32(38)39-40(24-10-4-1-5-11-24,25-12-6-2-7-13-25,26-14-8-3-9-15-26)30-21-23(34)17-19-29(30)35/h1-21,33-35H,(H,36,37). The summed E-state index contributed by atoms with van der Waals surface area (Å²) in [4.78, 5) is 26.4. The zero-order valence-electron chi connectivity index (χ0n) is 21.1. The molecule has 0 fully saturated rings. The molecule has 0 unspecified atom stereocenters. The molecule has 0 aliphatic rings. The van der Waals surface area contributed by atoms with Gasteiger partial charge in [0.1, 0.15) is 0 Å². The third-order valence-corrected chi connectivity index (χ3v) is 12.5. The quantitative estimate of drug-likeness (QED) is 0.174. The summed E-state index contributed by atoms with van der Waals surface area (Å²) < 4.78 is 6.78. The van der Waals surface area contributed by atoms with Crippen molar-refractivity contribution >= 4 is 40.0 Å². The third kappa shape index (κ3) is 4.04. The van der Waals surface area contributed by atoms with E-state index < -0.39 is 18.8 Å². The van der Waals surface area contributed by atoms with Crippen LogP contribution in [0.25, 0.3) is 0 Å². The molecule has 4 N–H and O–H groups in total. The molecule has 0 bridgehead atoms. The SMILES string of the molecule is O=C(O)c1ccc(O)cc1C(=O)OP(c1ccccc1)(c1ccccc1)(c1ccccc1)c1cc(O)ccc1O. The molecule has 40 heavy (non-hydrogen) atoms. The van der Waals surface area contributed by atoms with Crippen LogP contribution in [-0.2, 0) is 4.52 Å². The van der Waals surface area contributed by atoms with E-state index in [0.29, 0.717) is 15.9 Å². The molecular formula is C32H25O7P. The second-order valence-electron chi connectivity index (χ2n) is 9.13. The van der Waals surface area contributed by atoms with E-state index >= 15 is 0 Å². The molecule has 0 saturated heterocycles. The predicted octanol–water partition coefficient (Wildman–Crippen LogP) is 4.43. The number of carboxylic acid groups (broad SMARTS) is 1. The molecule has 0 radical (unpaired) electrons. The maximum atomic E-state index is 14.3. The molecule has 0 heterocycles. The second kappa shape index (κ2) is 10.2. The molecule has 0 aliphatic carbocycles. The van der Waals surface area contributed by atoms with Gasteiger partial charge in [0.15, 0.2) is 0 Å². The summed E-state index contributed by atoms with van der Waals surface area (Å²) in [7, 11) is 0. The first-order valence-corrected chi connectivity index (χ1v) is 14.4. The van der Waals surface area contributed by atoms with E-state index in [0.717, 1.165) is 12.1 Å². The fourth-order valence-corrected chi connectivity index (χ4v) is 10.9. The number of hydrogen-bond acceptors (Lipinski definition) is 6. The average molecular weight is 553 g/mol. The summed E-state index contributed by atoms with van der Waals surface area (Å²) in [5, 5.41) is 44.0. The normalized spacial score (nSPS) is 12.2. The summed E-state index contributed by atoms with van der Waals surface area (Å²) in [6.45, 7) is -4.82. The molecule has 5 aromatic rings. The summed E-state index contributed by atoms with van der Waals surface area (Å²) in [6.07, 6.45) is 0. The molecule has 0 aliphatic heterocycles. The molecule has 5 rings (SSSR count). The number of aromatic carboxylic acids is 1. The number of phenols is 3. The van der Waals surface area contributed by atoms with Gasteiger partial charge in [0.25, 0.3) is 0 Å². The Balaban J connectivity index is 2.02. The van der Waals surface area contributed by atoms with Crippen LogP contribution < -0.4 is 21.2 Å². The van der Waals surface area contributed by atoms with Crippen molar-refractivity contribution in [3.63, 3.8) is 0 Å². The number of phenolic OH excluding ortho intramolecular Hbond substituents is 3. The Hall–Kier alpha value is -5.13. The summed E-state index contributed by atoms with van der Waals surface area (Å²) in [6, 6.07) is 34.0. The van der Waals surface area contributed by atoms with Crippen LogP contribution in [0.15, 0.2) is 127 Å². The number of carboxylic acids is 1. The Morgan fingerprint density at radius 1 is 0.550 bits per heavy atom. The van der Waals surface area contributed by atoms with Crippen molar-refractivity contribution in [1.82, 2.24) is 0 Å². The minimum absolute atomic E-state index is 0.139. The van der Waals surface area contributed by atoms with Gasteiger partial charge in [-0.3, -0.25) is 0 Å². The van der Waals surface area contributed by atoms with Crippen LogP contribution in [-0.4, -0.2) is 32.4 Å². The number of carbonyl (C=O) groups excluding carboxylic acids is 1. The summed E-state index contributed by atoms with van der Waals surface area (Å²) in [5.74, 6) is -3.16. The van der Waals surface area contributed by atoms with E-state index in [2.05, 4.69) is 0 Å². The van der Waals surface area contributed by atoms with Gasteiger partial charge in [-0.05, 0) is 0 Å². The van der Waals surface area contributed by atoms with Crippen molar-refractivity contribution in [2.45, 2.75) is 0 Å². The van der Waals surface area contributed by atoms with E-state index in [4.69, 9.17) is 4.52 Å². The van der Waals surface area contributed by atoms with Gasteiger partial charge in [-0.15, -0.1) is 0 Å². The monoisotopic (exact) mass is 552 g/mol. The van der Waals surface area contributed by atoms with Gasteiger partial charge in [0.05, 0.1) is 0 Å². The Bertz CT molecular complexity index is 1600. The molecule has 200 valence electrons. The van der Waals surface area contributed by atoms with Crippen molar-refractivity contribution in [3.05, 3.63) is 139 Å². The first-order chi connectivity index (χ1) is 19.3. The van der Waals surface area contributed by atoms with Gasteiger partial charge in [0.2, 0.25) is 0 Å². The number of hydrogen-bond donors (Lipinski definition) is 4. The topological polar surface area (TPSA) is 124 Å². The average Bonchev–Trinajstić information content (AvgIpc) is 2.98. The van der Waals surface area contributed by atoms with E-state index in [9.17, 15) is 30.0 Å². The zero-order valence-corrected chi connectivity index (χ0v) is 22.0. The Labute approximate surface area is 230 Å². The molecule has 0 amide bonds. The van der Waals surface area contributed by atoms with Gasteiger partial charge in [-0.2, -0.15) is 0 Å². The van der Waals surface area contributed by atoms with Crippen LogP contribution in [0.5, 0.6) is 17.2 Å². The van der Waals surface area contributed by atoms with Crippen LogP contribution in [0, 0.1) is 0 Å². The zero-order chi connectivity index (χ0) is 28.4. The predicted molar refractivity (Wildman–Crippen MR) is 155 cm³/mol. The number of aromatic hydroxyl groups is 3. The molecule has 0 aromatic heterocycles. The Morgan fingerprint density at radius 3 is 1.48 bits per heavy atom. The molecule has 0 atom stereocenters. The molecule has 5 aromatic carbocycles. The van der Waals surface area contributed by atoms with Crippen molar-refractivity contribution in [1.29, 1.82) is 0 Å². The van der Waals surface area contributed by atoms with Gasteiger partial charge in [0, 0.05) is 0 Å². The number of carbonyl (C=O) groups is 2. The van der Waals surface area contributed by atoms with Gasteiger partial charge < -0.3 is 0 Å². The van der Waals surface area contributed by atoms with E-state index in [-0.39, 0.29) is 33.7 Å². The first kappa shape index (κ1) is 26.5.